The second kappa shape index (κ2) is 11.6. The highest BCUT2D eigenvalue weighted by atomic mass is 32.3. The molecule has 34 heavy (non-hydrogen) atoms. The van der Waals surface area contributed by atoms with Crippen molar-refractivity contribution in [3.05, 3.63) is 11.8 Å². The molecule has 196 valence electrons. The van der Waals surface area contributed by atoms with Gasteiger partial charge in [-0.05, 0) is 106 Å². The fourth-order valence-corrected chi connectivity index (χ4v) is 8.46. The monoisotopic (exact) mass is 493 g/mol. The van der Waals surface area contributed by atoms with Gasteiger partial charge in [0, 0.05) is 12.5 Å². The average molecular weight is 494 g/mol. The molecule has 3 fully saturated rings. The van der Waals surface area contributed by atoms with Gasteiger partial charge in [0.15, 0.2) is 5.76 Å². The SMILES string of the molecule is CC(C)C1CCCCC1C1CCC(CCNC(=O)C2=CC3CC(OS(C)(C)C)CCC3O2)CC1. The molecular weight excluding hydrogens is 442 g/mol. The highest BCUT2D eigenvalue weighted by Crippen LogP contribution is 2.46. The molecule has 4 aliphatic rings. The summed E-state index contributed by atoms with van der Waals surface area (Å²) in [5, 5.41) is 3.17. The molecule has 5 heteroatoms. The highest BCUT2D eigenvalue weighted by Gasteiger charge is 2.39. The van der Waals surface area contributed by atoms with Gasteiger partial charge in [0.2, 0.25) is 0 Å². The second-order valence-electron chi connectivity index (χ2n) is 12.8. The van der Waals surface area contributed by atoms with Crippen LogP contribution in [0.4, 0.5) is 0 Å². The minimum absolute atomic E-state index is 0.0102. The van der Waals surface area contributed by atoms with E-state index < -0.39 is 10.3 Å². The maximum absolute atomic E-state index is 12.8. The van der Waals surface area contributed by atoms with E-state index in [1.807, 2.05) is 0 Å². The normalized spacial score (nSPS) is 37.0. The molecule has 5 atom stereocenters. The summed E-state index contributed by atoms with van der Waals surface area (Å²) in [4.78, 5) is 12.8. The number of rotatable bonds is 8. The third-order valence-electron chi connectivity index (χ3n) is 9.14. The Hall–Kier alpha value is -0.680. The van der Waals surface area contributed by atoms with Crippen molar-refractivity contribution < 1.29 is 13.7 Å². The quantitative estimate of drug-likeness (QED) is 0.403. The average Bonchev–Trinajstić information content (AvgIpc) is 3.22. The van der Waals surface area contributed by atoms with Crippen molar-refractivity contribution in [1.29, 1.82) is 0 Å². The van der Waals surface area contributed by atoms with Crippen molar-refractivity contribution in [1.82, 2.24) is 5.32 Å². The number of carbonyl (C=O) groups is 1. The molecule has 1 amide bonds. The van der Waals surface area contributed by atoms with Gasteiger partial charge >= 0.3 is 0 Å². The molecule has 0 aromatic carbocycles. The Bertz CT molecular complexity index is 707. The van der Waals surface area contributed by atoms with Crippen LogP contribution in [0.25, 0.3) is 0 Å². The first kappa shape index (κ1) is 26.4. The molecule has 1 N–H and O–H groups in total. The van der Waals surface area contributed by atoms with E-state index in [2.05, 4.69) is 44.0 Å². The van der Waals surface area contributed by atoms with E-state index in [9.17, 15) is 4.79 Å². The Balaban J connectivity index is 1.16. The topological polar surface area (TPSA) is 47.6 Å². The summed E-state index contributed by atoms with van der Waals surface area (Å²) in [6, 6.07) is 0. The molecule has 0 radical (unpaired) electrons. The maximum atomic E-state index is 12.8. The minimum atomic E-state index is -0.963. The predicted molar refractivity (Wildman–Crippen MR) is 144 cm³/mol. The van der Waals surface area contributed by atoms with Crippen LogP contribution in [0.5, 0.6) is 0 Å². The smallest absolute Gasteiger partial charge is 0.286 e. The molecule has 3 aliphatic carbocycles. The molecule has 1 heterocycles. The standard InChI is InChI=1S/C29H51NO3S/c1-20(2)25-8-6-7-9-26(25)22-12-10-21(11-13-22)16-17-30-29(31)28-19-23-18-24(33-34(3,4)5)14-15-27(23)32-28/h19-27H,6-18H2,1-5H3,(H,30,31). The number of hydrogen-bond acceptors (Lipinski definition) is 3. The fraction of sp³-hybridized carbons (Fsp3) is 0.897. The number of nitrogens with one attached hydrogen (secondary N) is 1. The summed E-state index contributed by atoms with van der Waals surface area (Å²) in [5.41, 5.74) is 0. The lowest BCUT2D eigenvalue weighted by Crippen LogP contribution is -2.33. The molecule has 4 nitrogen and oxygen atoms in total. The van der Waals surface area contributed by atoms with E-state index in [4.69, 9.17) is 8.92 Å². The van der Waals surface area contributed by atoms with Crippen LogP contribution in [0.1, 0.15) is 90.9 Å². The molecule has 4 rings (SSSR count). The Morgan fingerprint density at radius 1 is 1.06 bits per heavy atom. The molecule has 0 spiro atoms. The maximum Gasteiger partial charge on any atom is 0.286 e. The lowest BCUT2D eigenvalue weighted by molar-refractivity contribution is -0.121. The summed E-state index contributed by atoms with van der Waals surface area (Å²) in [6.45, 7) is 5.66. The molecular formula is C29H51NO3S. The number of hydrogen-bond donors (Lipinski definition) is 1. The van der Waals surface area contributed by atoms with Gasteiger partial charge in [0.25, 0.3) is 5.91 Å². The minimum Gasteiger partial charge on any atom is -0.484 e. The molecule has 0 aromatic heterocycles. The molecule has 3 saturated carbocycles. The van der Waals surface area contributed by atoms with Gasteiger partial charge in [-0.3, -0.25) is 4.79 Å². The van der Waals surface area contributed by atoms with E-state index in [0.717, 1.165) is 61.8 Å². The first-order valence-corrected chi connectivity index (χ1v) is 17.0. The first-order chi connectivity index (χ1) is 16.2. The van der Waals surface area contributed by atoms with Crippen LogP contribution in [0.2, 0.25) is 0 Å². The highest BCUT2D eigenvalue weighted by molar-refractivity contribution is 8.28. The second-order valence-corrected chi connectivity index (χ2v) is 16.4. The molecule has 1 aliphatic heterocycles. The molecule has 5 unspecified atom stereocenters. The Morgan fingerprint density at radius 3 is 2.50 bits per heavy atom. The van der Waals surface area contributed by atoms with E-state index >= 15 is 0 Å². The lowest BCUT2D eigenvalue weighted by atomic mass is 9.63. The zero-order valence-electron chi connectivity index (χ0n) is 22.5. The summed E-state index contributed by atoms with van der Waals surface area (Å²) in [5.74, 6) is 5.36. The van der Waals surface area contributed by atoms with Gasteiger partial charge in [-0.1, -0.05) is 39.5 Å². The van der Waals surface area contributed by atoms with Gasteiger partial charge in [0.05, 0.1) is 6.10 Å². The van der Waals surface area contributed by atoms with Crippen molar-refractivity contribution in [3.63, 3.8) is 0 Å². The van der Waals surface area contributed by atoms with E-state index in [1.54, 1.807) is 0 Å². The van der Waals surface area contributed by atoms with Gasteiger partial charge in [-0.2, -0.15) is 0 Å². The predicted octanol–water partition coefficient (Wildman–Crippen LogP) is 6.84. The van der Waals surface area contributed by atoms with Crippen LogP contribution < -0.4 is 5.32 Å². The summed E-state index contributed by atoms with van der Waals surface area (Å²) in [6.07, 6.45) is 24.6. The first-order valence-electron chi connectivity index (χ1n) is 14.2. The zero-order valence-corrected chi connectivity index (χ0v) is 23.3. The number of fused-ring (bicyclic) bond motifs is 1. The third-order valence-corrected chi connectivity index (χ3v) is 9.99. The number of ether oxygens (including phenoxy) is 1. The van der Waals surface area contributed by atoms with Gasteiger partial charge in [-0.15, -0.1) is 10.3 Å². The number of amides is 1. The summed E-state index contributed by atoms with van der Waals surface area (Å²) in [7, 11) is -0.963. The molecule has 0 bridgehead atoms. The van der Waals surface area contributed by atoms with Crippen LogP contribution >= 0.6 is 10.3 Å². The Kier molecular flexibility index (Phi) is 8.99. The van der Waals surface area contributed by atoms with Gasteiger partial charge in [-0.25, -0.2) is 0 Å². The van der Waals surface area contributed by atoms with Crippen LogP contribution in [0.15, 0.2) is 11.8 Å². The third kappa shape index (κ3) is 6.96. The summed E-state index contributed by atoms with van der Waals surface area (Å²) < 4.78 is 12.3. The molecule has 0 saturated heterocycles. The lowest BCUT2D eigenvalue weighted by Gasteiger charge is -2.42. The molecule has 0 aromatic rings. The van der Waals surface area contributed by atoms with Crippen molar-refractivity contribution >= 4 is 16.2 Å². The van der Waals surface area contributed by atoms with Crippen LogP contribution in [-0.4, -0.2) is 43.4 Å². The van der Waals surface area contributed by atoms with E-state index in [1.165, 1.54) is 51.4 Å². The largest absolute Gasteiger partial charge is 0.484 e. The van der Waals surface area contributed by atoms with Crippen LogP contribution in [0.3, 0.4) is 0 Å². The zero-order chi connectivity index (χ0) is 24.3. The van der Waals surface area contributed by atoms with Crippen LogP contribution in [0, 0.1) is 35.5 Å². The van der Waals surface area contributed by atoms with Crippen molar-refractivity contribution in [2.45, 2.75) is 103 Å². The van der Waals surface area contributed by atoms with Crippen LogP contribution in [-0.2, 0) is 13.7 Å². The van der Waals surface area contributed by atoms with Crippen molar-refractivity contribution in [2.75, 3.05) is 25.3 Å². The van der Waals surface area contributed by atoms with Crippen molar-refractivity contribution in [2.24, 2.45) is 35.5 Å². The van der Waals surface area contributed by atoms with Gasteiger partial charge in [0.1, 0.15) is 6.10 Å². The van der Waals surface area contributed by atoms with E-state index in [0.29, 0.717) is 17.8 Å². The Morgan fingerprint density at radius 2 is 1.79 bits per heavy atom. The van der Waals surface area contributed by atoms with E-state index in [-0.39, 0.29) is 12.0 Å². The number of carbonyl (C=O) groups excluding carboxylic acids is 1. The van der Waals surface area contributed by atoms with Crippen molar-refractivity contribution in [3.8, 4) is 0 Å². The fourth-order valence-electron chi connectivity index (χ4n) is 7.46. The summed E-state index contributed by atoms with van der Waals surface area (Å²) >= 11 is 0. The Labute approximate surface area is 210 Å². The van der Waals surface area contributed by atoms with Gasteiger partial charge < -0.3 is 14.2 Å².